The smallest absolute Gasteiger partial charge is 0.254 e. The van der Waals surface area contributed by atoms with Crippen LogP contribution < -0.4 is 5.73 Å². The average Bonchev–Trinajstić information content (AvgIpc) is 3.19. The van der Waals surface area contributed by atoms with Crippen LogP contribution in [0.4, 0.5) is 0 Å². The molecular weight excluding hydrogens is 342 g/mol. The predicted octanol–water partition coefficient (Wildman–Crippen LogP) is 1.99. The number of nitrogens with two attached hydrogens (primary N) is 1. The molecule has 0 atom stereocenters. The minimum atomic E-state index is -0.451. The van der Waals surface area contributed by atoms with E-state index < -0.39 is 5.91 Å². The van der Waals surface area contributed by atoms with Gasteiger partial charge in [0.1, 0.15) is 6.54 Å². The van der Waals surface area contributed by atoms with E-state index in [2.05, 4.69) is 5.10 Å². The first-order valence-electron chi connectivity index (χ1n) is 8.60. The molecule has 2 N–H and O–H groups in total. The van der Waals surface area contributed by atoms with Crippen LogP contribution in [0.1, 0.15) is 21.6 Å². The predicted molar refractivity (Wildman–Crippen MR) is 101 cm³/mol. The maximum Gasteiger partial charge on any atom is 0.254 e. The molecule has 7 nitrogen and oxygen atoms in total. The van der Waals surface area contributed by atoms with Gasteiger partial charge in [0, 0.05) is 47.7 Å². The van der Waals surface area contributed by atoms with E-state index in [1.54, 1.807) is 24.3 Å². The fraction of sp³-hybridized carbons (Fsp3) is 0.200. The number of hydrogen-bond donors (Lipinski definition) is 1. The minimum absolute atomic E-state index is 0.0221. The van der Waals surface area contributed by atoms with Crippen LogP contribution in [0, 0.1) is 6.92 Å². The molecule has 27 heavy (non-hydrogen) atoms. The third-order valence-corrected chi connectivity index (χ3v) is 4.66. The van der Waals surface area contributed by atoms with Crippen molar-refractivity contribution in [2.45, 2.75) is 20.0 Å². The van der Waals surface area contributed by atoms with Gasteiger partial charge in [0.25, 0.3) is 5.91 Å². The molecule has 4 rings (SSSR count). The van der Waals surface area contributed by atoms with Crippen LogP contribution in [0.5, 0.6) is 0 Å². The minimum Gasteiger partial charge on any atom is -0.368 e. The fourth-order valence-corrected chi connectivity index (χ4v) is 3.35. The monoisotopic (exact) mass is 361 g/mol. The van der Waals surface area contributed by atoms with Crippen molar-refractivity contribution in [1.82, 2.24) is 19.7 Å². The summed E-state index contributed by atoms with van der Waals surface area (Å²) in [4.78, 5) is 29.9. The molecule has 1 aliphatic heterocycles. The van der Waals surface area contributed by atoms with Gasteiger partial charge in [0.2, 0.25) is 5.91 Å². The summed E-state index contributed by atoms with van der Waals surface area (Å²) in [6.07, 6.45) is 3.46. The number of hydrogen-bond acceptors (Lipinski definition) is 4. The van der Waals surface area contributed by atoms with E-state index in [4.69, 9.17) is 10.7 Å². The molecule has 7 heteroatoms. The van der Waals surface area contributed by atoms with Gasteiger partial charge in [-0.2, -0.15) is 5.10 Å². The fourth-order valence-electron chi connectivity index (χ4n) is 3.35. The largest absolute Gasteiger partial charge is 0.368 e. The third-order valence-electron chi connectivity index (χ3n) is 4.66. The normalized spacial score (nSPS) is 13.1. The van der Waals surface area contributed by atoms with E-state index in [-0.39, 0.29) is 12.5 Å². The number of carbonyl (C=O) groups excluding carboxylic acids is 2. The van der Waals surface area contributed by atoms with Crippen molar-refractivity contribution >= 4 is 11.8 Å². The van der Waals surface area contributed by atoms with Crippen LogP contribution in [0.3, 0.4) is 0 Å². The van der Waals surface area contributed by atoms with E-state index in [9.17, 15) is 9.59 Å². The number of aromatic nitrogens is 3. The summed E-state index contributed by atoms with van der Waals surface area (Å²) < 4.78 is 1.50. The van der Waals surface area contributed by atoms with Crippen LogP contribution in [-0.4, -0.2) is 38.5 Å². The Morgan fingerprint density at radius 1 is 1.19 bits per heavy atom. The van der Waals surface area contributed by atoms with Crippen LogP contribution in [0.2, 0.25) is 0 Å². The zero-order valence-electron chi connectivity index (χ0n) is 15.1. The van der Waals surface area contributed by atoms with E-state index in [0.717, 1.165) is 33.6 Å². The van der Waals surface area contributed by atoms with E-state index in [1.807, 2.05) is 37.3 Å². The Labute approximate surface area is 156 Å². The summed E-state index contributed by atoms with van der Waals surface area (Å²) in [5.41, 5.74) is 11.2. The first-order chi connectivity index (χ1) is 12.9. The van der Waals surface area contributed by atoms with E-state index in [0.29, 0.717) is 12.1 Å². The molecular formula is C20H19N5O2. The number of nitrogens with zero attached hydrogens (tertiary/aromatic N) is 4. The Hall–Kier alpha value is -3.48. The maximum atomic E-state index is 12.4. The molecule has 0 saturated heterocycles. The molecule has 0 spiro atoms. The summed E-state index contributed by atoms with van der Waals surface area (Å²) in [6, 6.07) is 9.78. The second-order valence-electron chi connectivity index (χ2n) is 6.77. The Balaban J connectivity index is 1.80. The van der Waals surface area contributed by atoms with E-state index in [1.165, 1.54) is 4.68 Å². The Morgan fingerprint density at radius 3 is 2.78 bits per heavy atom. The van der Waals surface area contributed by atoms with Crippen molar-refractivity contribution in [2.75, 3.05) is 7.05 Å². The summed E-state index contributed by atoms with van der Waals surface area (Å²) in [5, 5.41) is 4.20. The average molecular weight is 361 g/mol. The number of benzene rings is 1. The van der Waals surface area contributed by atoms with Crippen molar-refractivity contribution in [1.29, 1.82) is 0 Å². The number of carbonyl (C=O) groups is 2. The lowest BCUT2D eigenvalue weighted by atomic mass is 9.98. The standard InChI is InChI=1S/C20H19N5O2/c1-12-3-6-16(15-8-22-25(10-15)11-18(21)26)19(23-12)13-4-5-14-9-24(2)20(27)17(14)7-13/h3-8,10H,9,11H2,1-2H3,(H2,21,26). The molecule has 1 aliphatic rings. The molecule has 0 fully saturated rings. The highest BCUT2D eigenvalue weighted by molar-refractivity contribution is 5.99. The maximum absolute atomic E-state index is 12.4. The van der Waals surface area contributed by atoms with Gasteiger partial charge in [-0.1, -0.05) is 18.2 Å². The van der Waals surface area contributed by atoms with Gasteiger partial charge >= 0.3 is 0 Å². The molecule has 0 aliphatic carbocycles. The number of amides is 2. The third kappa shape index (κ3) is 3.08. The second kappa shape index (κ2) is 6.35. The second-order valence-corrected chi connectivity index (χ2v) is 6.77. The summed E-state index contributed by atoms with van der Waals surface area (Å²) in [6.45, 7) is 2.58. The lowest BCUT2D eigenvalue weighted by molar-refractivity contribution is -0.118. The zero-order chi connectivity index (χ0) is 19.1. The van der Waals surface area contributed by atoms with Gasteiger partial charge in [0.15, 0.2) is 0 Å². The van der Waals surface area contributed by atoms with Crippen molar-refractivity contribution in [3.63, 3.8) is 0 Å². The lowest BCUT2D eigenvalue weighted by Crippen LogP contribution is -2.18. The number of rotatable bonds is 4. The zero-order valence-corrected chi connectivity index (χ0v) is 15.1. The Bertz CT molecular complexity index is 1070. The summed E-state index contributed by atoms with van der Waals surface area (Å²) in [5.74, 6) is -0.427. The lowest BCUT2D eigenvalue weighted by Gasteiger charge is -2.10. The molecule has 3 heterocycles. The SMILES string of the molecule is Cc1ccc(-c2cnn(CC(N)=O)c2)c(-c2ccc3c(c2)C(=O)N(C)C3)n1. The number of pyridine rings is 1. The Morgan fingerprint density at radius 2 is 2.00 bits per heavy atom. The van der Waals surface area contributed by atoms with Gasteiger partial charge in [-0.15, -0.1) is 0 Å². The number of primary amides is 1. The Kier molecular flexibility index (Phi) is 3.99. The molecule has 2 amide bonds. The van der Waals surface area contributed by atoms with Crippen molar-refractivity contribution in [2.24, 2.45) is 5.73 Å². The van der Waals surface area contributed by atoms with Crippen molar-refractivity contribution < 1.29 is 9.59 Å². The van der Waals surface area contributed by atoms with Gasteiger partial charge < -0.3 is 10.6 Å². The number of aryl methyl sites for hydroxylation is 1. The molecule has 1 aromatic carbocycles. The van der Waals surface area contributed by atoms with Gasteiger partial charge in [0.05, 0.1) is 11.9 Å². The van der Waals surface area contributed by atoms with Crippen LogP contribution in [0.25, 0.3) is 22.4 Å². The molecule has 2 aromatic heterocycles. The number of fused-ring (bicyclic) bond motifs is 1. The topological polar surface area (TPSA) is 94.1 Å². The highest BCUT2D eigenvalue weighted by atomic mass is 16.2. The summed E-state index contributed by atoms with van der Waals surface area (Å²) >= 11 is 0. The van der Waals surface area contributed by atoms with E-state index >= 15 is 0 Å². The van der Waals surface area contributed by atoms with Crippen LogP contribution >= 0.6 is 0 Å². The van der Waals surface area contributed by atoms with Gasteiger partial charge in [-0.25, -0.2) is 0 Å². The van der Waals surface area contributed by atoms with Crippen molar-refractivity contribution in [3.05, 3.63) is 59.5 Å². The van der Waals surface area contributed by atoms with Gasteiger partial charge in [-0.05, 0) is 24.6 Å². The highest BCUT2D eigenvalue weighted by Gasteiger charge is 2.25. The van der Waals surface area contributed by atoms with Crippen molar-refractivity contribution in [3.8, 4) is 22.4 Å². The first kappa shape index (κ1) is 17.0. The molecule has 0 bridgehead atoms. The van der Waals surface area contributed by atoms with Gasteiger partial charge in [-0.3, -0.25) is 19.3 Å². The van der Waals surface area contributed by atoms with Crippen LogP contribution in [0.15, 0.2) is 42.7 Å². The molecule has 0 saturated carbocycles. The molecule has 3 aromatic rings. The molecule has 0 radical (unpaired) electrons. The summed E-state index contributed by atoms with van der Waals surface area (Å²) in [7, 11) is 1.80. The molecule has 0 unspecified atom stereocenters. The highest BCUT2D eigenvalue weighted by Crippen LogP contribution is 2.33. The quantitative estimate of drug-likeness (QED) is 0.769. The first-order valence-corrected chi connectivity index (χ1v) is 8.60. The molecule has 136 valence electrons. The van der Waals surface area contributed by atoms with Crippen LogP contribution in [-0.2, 0) is 17.9 Å².